The van der Waals surface area contributed by atoms with Gasteiger partial charge in [-0.15, -0.1) is 0 Å². The number of ether oxygens (including phenoxy) is 1. The van der Waals surface area contributed by atoms with Crippen LogP contribution >= 0.6 is 0 Å². The zero-order chi connectivity index (χ0) is 31.8. The molecule has 1 saturated carbocycles. The monoisotopic (exact) mass is 613 g/mol. The van der Waals surface area contributed by atoms with Crippen LogP contribution in [0.4, 0.5) is 11.5 Å². The van der Waals surface area contributed by atoms with E-state index < -0.39 is 6.04 Å². The summed E-state index contributed by atoms with van der Waals surface area (Å²) in [6.45, 7) is 5.97. The van der Waals surface area contributed by atoms with Gasteiger partial charge in [0.1, 0.15) is 11.6 Å². The lowest BCUT2D eigenvalue weighted by Gasteiger charge is -2.38. The molecule has 238 valence electrons. The van der Waals surface area contributed by atoms with E-state index in [9.17, 15) is 19.8 Å². The molecule has 2 amide bonds. The minimum absolute atomic E-state index is 0.00875. The Balaban J connectivity index is 1.20. The first-order valence-corrected chi connectivity index (χ1v) is 15.9. The quantitative estimate of drug-likeness (QED) is 0.377. The molecular weight excluding hydrogens is 570 g/mol. The van der Waals surface area contributed by atoms with Crippen LogP contribution in [-0.4, -0.2) is 82.8 Å². The minimum Gasteiger partial charge on any atom is -0.508 e. The number of rotatable bonds is 8. The van der Waals surface area contributed by atoms with Crippen LogP contribution in [0.2, 0.25) is 0 Å². The van der Waals surface area contributed by atoms with Gasteiger partial charge in [0.2, 0.25) is 11.8 Å². The van der Waals surface area contributed by atoms with Gasteiger partial charge >= 0.3 is 0 Å². The van der Waals surface area contributed by atoms with Gasteiger partial charge in [-0.2, -0.15) is 0 Å². The van der Waals surface area contributed by atoms with E-state index in [1.165, 1.54) is 0 Å². The van der Waals surface area contributed by atoms with E-state index in [-0.39, 0.29) is 35.8 Å². The zero-order valence-electron chi connectivity index (χ0n) is 26.5. The van der Waals surface area contributed by atoms with Crippen LogP contribution in [-0.2, 0) is 16.0 Å². The van der Waals surface area contributed by atoms with Crippen LogP contribution in [0.3, 0.4) is 0 Å². The number of nitrogens with zero attached hydrogens (tertiary/aromatic N) is 5. The lowest BCUT2D eigenvalue weighted by molar-refractivity contribution is -0.125. The molecule has 1 unspecified atom stereocenters. The summed E-state index contributed by atoms with van der Waals surface area (Å²) < 4.78 is 5.90. The summed E-state index contributed by atoms with van der Waals surface area (Å²) in [4.78, 5) is 38.6. The molecule has 1 atom stereocenters. The van der Waals surface area contributed by atoms with Crippen molar-refractivity contribution in [3.05, 3.63) is 71.4 Å². The van der Waals surface area contributed by atoms with Crippen molar-refractivity contribution >= 4 is 23.3 Å². The van der Waals surface area contributed by atoms with Crippen molar-refractivity contribution in [1.29, 1.82) is 0 Å². The number of likely N-dealkylation sites (N-methyl/N-ethyl adjacent to an activating group) is 1. The Labute approximate surface area is 264 Å². The molecule has 10 nitrogen and oxygen atoms in total. The molecule has 3 aliphatic rings. The third-order valence-corrected chi connectivity index (χ3v) is 9.38. The fraction of sp³-hybridized carbons (Fsp3) is 0.457. The summed E-state index contributed by atoms with van der Waals surface area (Å²) in [5.74, 6) is 2.02. The molecule has 3 aromatic rings. The summed E-state index contributed by atoms with van der Waals surface area (Å²) in [5.41, 5.74) is 3.09. The molecule has 2 aromatic carbocycles. The van der Waals surface area contributed by atoms with Gasteiger partial charge in [-0.1, -0.05) is 12.1 Å². The van der Waals surface area contributed by atoms with Crippen molar-refractivity contribution in [2.24, 2.45) is 5.92 Å². The number of carbonyl (C=O) groups is 2. The number of aromatic hydroxyl groups is 2. The maximum absolute atomic E-state index is 13.7. The van der Waals surface area contributed by atoms with E-state index in [0.717, 1.165) is 61.4 Å². The van der Waals surface area contributed by atoms with Crippen LogP contribution in [0.1, 0.15) is 62.3 Å². The average molecular weight is 614 g/mol. The van der Waals surface area contributed by atoms with Gasteiger partial charge in [0.05, 0.1) is 43.7 Å². The number of phenolic OH excluding ortho intramolecular Hbond substituents is 2. The van der Waals surface area contributed by atoms with Crippen molar-refractivity contribution in [3.8, 4) is 17.2 Å². The fourth-order valence-corrected chi connectivity index (χ4v) is 7.05. The van der Waals surface area contributed by atoms with Crippen molar-refractivity contribution in [1.82, 2.24) is 14.8 Å². The molecule has 1 aromatic heterocycles. The van der Waals surface area contributed by atoms with Gasteiger partial charge in [0, 0.05) is 26.7 Å². The van der Waals surface area contributed by atoms with Gasteiger partial charge in [0.15, 0.2) is 11.5 Å². The summed E-state index contributed by atoms with van der Waals surface area (Å²) in [6, 6.07) is 14.2. The predicted octanol–water partition coefficient (Wildman–Crippen LogP) is 4.69. The van der Waals surface area contributed by atoms with E-state index in [2.05, 4.69) is 16.8 Å². The Bertz CT molecular complexity index is 1540. The molecule has 2 N–H and O–H groups in total. The van der Waals surface area contributed by atoms with Crippen LogP contribution in [0.15, 0.2) is 54.7 Å². The van der Waals surface area contributed by atoms with Crippen molar-refractivity contribution in [2.75, 3.05) is 43.7 Å². The second kappa shape index (κ2) is 12.6. The lowest BCUT2D eigenvalue weighted by atomic mass is 9.85. The summed E-state index contributed by atoms with van der Waals surface area (Å²) in [7, 11) is 3.94. The highest BCUT2D eigenvalue weighted by Gasteiger charge is 2.37. The molecule has 45 heavy (non-hydrogen) atoms. The van der Waals surface area contributed by atoms with E-state index in [1.807, 2.05) is 56.1 Å². The Morgan fingerprint density at radius 2 is 1.73 bits per heavy atom. The highest BCUT2D eigenvalue weighted by molar-refractivity contribution is 5.98. The summed E-state index contributed by atoms with van der Waals surface area (Å²) in [6.07, 6.45) is 6.20. The molecule has 0 radical (unpaired) electrons. The van der Waals surface area contributed by atoms with Crippen molar-refractivity contribution in [2.45, 2.75) is 64.1 Å². The largest absolute Gasteiger partial charge is 0.508 e. The van der Waals surface area contributed by atoms with Crippen LogP contribution in [0, 0.1) is 5.92 Å². The minimum atomic E-state index is -0.497. The van der Waals surface area contributed by atoms with E-state index in [1.54, 1.807) is 29.3 Å². The third-order valence-electron chi connectivity index (χ3n) is 9.38. The lowest BCUT2D eigenvalue weighted by Crippen LogP contribution is -2.41. The maximum Gasteiger partial charge on any atom is 0.237 e. The van der Waals surface area contributed by atoms with Crippen LogP contribution < -0.4 is 14.5 Å². The van der Waals surface area contributed by atoms with E-state index >= 15 is 0 Å². The second-order valence-corrected chi connectivity index (χ2v) is 13.0. The van der Waals surface area contributed by atoms with Gasteiger partial charge in [-0.25, -0.2) is 4.98 Å². The number of benzene rings is 2. The predicted molar refractivity (Wildman–Crippen MR) is 173 cm³/mol. The van der Waals surface area contributed by atoms with Crippen LogP contribution in [0.25, 0.3) is 0 Å². The molecule has 6 rings (SSSR count). The second-order valence-electron chi connectivity index (χ2n) is 13.0. The molecular formula is C35H43N5O5. The highest BCUT2D eigenvalue weighted by Crippen LogP contribution is 2.43. The molecule has 0 bridgehead atoms. The number of fused-ring (bicyclic) bond motifs is 1. The normalized spacial score (nSPS) is 22.2. The zero-order valence-corrected chi connectivity index (χ0v) is 26.5. The van der Waals surface area contributed by atoms with Gasteiger partial charge < -0.3 is 24.7 Å². The van der Waals surface area contributed by atoms with E-state index in [4.69, 9.17) is 9.72 Å². The van der Waals surface area contributed by atoms with E-state index in [0.29, 0.717) is 29.9 Å². The molecule has 1 saturated heterocycles. The third kappa shape index (κ3) is 6.42. The maximum atomic E-state index is 13.7. The molecule has 3 heterocycles. The number of pyridine rings is 1. The van der Waals surface area contributed by atoms with Gasteiger partial charge in [-0.05, 0) is 98.5 Å². The van der Waals surface area contributed by atoms with Crippen LogP contribution in [0.5, 0.6) is 17.2 Å². The standard InChI is InChI=1S/C35H43N5O5/c1-22(2)45-31-17-29-25(15-30(31)42)16-33(43)40(35(29)24-7-12-28(41)13-8-24)27-11-14-32(36-18-27)37(3)19-23-5-9-26(10-6-23)39-20-34(44)38(4)21-39/h7-8,11-15,17-18,22-23,26,35,41-42H,5-6,9-10,16,19-21H2,1-4H3. The molecule has 10 heteroatoms. The highest BCUT2D eigenvalue weighted by atomic mass is 16.5. The molecule has 2 fully saturated rings. The first-order valence-electron chi connectivity index (χ1n) is 15.9. The topological polar surface area (TPSA) is 110 Å². The number of amides is 2. The number of hydrogen-bond donors (Lipinski definition) is 2. The number of hydrogen-bond acceptors (Lipinski definition) is 8. The smallest absolute Gasteiger partial charge is 0.237 e. The molecule has 2 aliphatic heterocycles. The van der Waals surface area contributed by atoms with Crippen molar-refractivity contribution < 1.29 is 24.5 Å². The summed E-state index contributed by atoms with van der Waals surface area (Å²) in [5, 5.41) is 20.6. The number of carbonyl (C=O) groups excluding carboxylic acids is 2. The van der Waals surface area contributed by atoms with Gasteiger partial charge in [0.25, 0.3) is 0 Å². The first-order chi connectivity index (χ1) is 21.6. The Morgan fingerprint density at radius 1 is 1.00 bits per heavy atom. The molecule has 0 spiro atoms. The van der Waals surface area contributed by atoms with Crippen molar-refractivity contribution in [3.63, 3.8) is 0 Å². The fourth-order valence-electron chi connectivity index (χ4n) is 7.05. The van der Waals surface area contributed by atoms with Gasteiger partial charge in [-0.3, -0.25) is 19.4 Å². The number of phenols is 2. The first kappa shape index (κ1) is 30.7. The Kier molecular flexibility index (Phi) is 8.59. The average Bonchev–Trinajstić information content (AvgIpc) is 3.35. The number of aromatic nitrogens is 1. The Hall–Kier alpha value is -4.31. The molecule has 1 aliphatic carbocycles. The summed E-state index contributed by atoms with van der Waals surface area (Å²) >= 11 is 0. The Morgan fingerprint density at radius 3 is 2.36 bits per heavy atom. The number of anilines is 2. The SMILES string of the molecule is CC(C)Oc1cc2c(cc1O)CC(=O)N(c1ccc(N(C)CC3CCC(N4CC(=O)N(C)C4)CC3)nc1)C2c1ccc(O)cc1.